The minimum atomic E-state index is -0.184. The van der Waals surface area contributed by atoms with Crippen molar-refractivity contribution < 1.29 is 9.84 Å². The first-order valence-corrected chi connectivity index (χ1v) is 3.85. The summed E-state index contributed by atoms with van der Waals surface area (Å²) < 4.78 is 5.06. The highest BCUT2D eigenvalue weighted by Crippen LogP contribution is 2.28. The number of nitrogens with zero attached hydrogens (tertiary/aromatic N) is 1. The lowest BCUT2D eigenvalue weighted by Gasteiger charge is -2.39. The molecule has 0 atom stereocenters. The van der Waals surface area contributed by atoms with E-state index in [0.29, 0.717) is 13.2 Å². The van der Waals surface area contributed by atoms with Crippen LogP contribution in [-0.4, -0.2) is 43.9 Å². The van der Waals surface area contributed by atoms with Gasteiger partial charge in [-0.25, -0.2) is 0 Å². The Hall–Kier alpha value is -0.610. The molecule has 0 unspecified atom stereocenters. The van der Waals surface area contributed by atoms with Crippen LogP contribution in [0.15, 0.2) is 4.99 Å². The number of hydrogen-bond acceptors (Lipinski definition) is 4. The molecule has 2 heterocycles. The molecule has 2 aliphatic rings. The second kappa shape index (κ2) is 2.46. The largest absolute Gasteiger partial charge is 0.395 e. The number of amidine groups is 1. The maximum atomic E-state index is 9.10. The summed E-state index contributed by atoms with van der Waals surface area (Å²) in [5.74, 6) is 0.936. The quantitative estimate of drug-likeness (QED) is 0.539. The van der Waals surface area contributed by atoms with E-state index in [4.69, 9.17) is 9.84 Å². The van der Waals surface area contributed by atoms with E-state index in [1.54, 1.807) is 0 Å². The van der Waals surface area contributed by atoms with Gasteiger partial charge in [-0.15, -0.1) is 0 Å². The van der Waals surface area contributed by atoms with Crippen molar-refractivity contribution in [2.45, 2.75) is 0 Å². The molecule has 0 aromatic heterocycles. The Labute approximate surface area is 65.3 Å². The topological polar surface area (TPSA) is 53.9 Å². The van der Waals surface area contributed by atoms with Crippen LogP contribution in [0.5, 0.6) is 0 Å². The summed E-state index contributed by atoms with van der Waals surface area (Å²) >= 11 is 0. The Morgan fingerprint density at radius 1 is 1.64 bits per heavy atom. The highest BCUT2D eigenvalue weighted by atomic mass is 16.5. The first kappa shape index (κ1) is 7.06. The smallest absolute Gasteiger partial charge is 0.110 e. The van der Waals surface area contributed by atoms with Gasteiger partial charge in [-0.1, -0.05) is 0 Å². The van der Waals surface area contributed by atoms with E-state index >= 15 is 0 Å². The van der Waals surface area contributed by atoms with E-state index < -0.39 is 0 Å². The Kier molecular flexibility index (Phi) is 1.58. The van der Waals surface area contributed by atoms with E-state index in [9.17, 15) is 0 Å². The molecule has 0 bridgehead atoms. The fraction of sp³-hybridized carbons (Fsp3) is 0.857. The number of aliphatic hydroxyl groups excluding tert-OH is 1. The summed E-state index contributed by atoms with van der Waals surface area (Å²) in [7, 11) is 0. The van der Waals surface area contributed by atoms with E-state index in [-0.39, 0.29) is 12.0 Å². The predicted octanol–water partition coefficient (Wildman–Crippen LogP) is -1.00. The van der Waals surface area contributed by atoms with Gasteiger partial charge in [0.1, 0.15) is 5.84 Å². The summed E-state index contributed by atoms with van der Waals surface area (Å²) in [6.45, 7) is 3.08. The molecular formula is C7H12N2O2. The number of hydrogen-bond donors (Lipinski definition) is 2. The summed E-state index contributed by atoms with van der Waals surface area (Å²) in [5, 5.41) is 12.3. The van der Waals surface area contributed by atoms with E-state index in [0.717, 1.165) is 18.9 Å². The van der Waals surface area contributed by atoms with E-state index in [1.165, 1.54) is 0 Å². The highest BCUT2D eigenvalue weighted by molar-refractivity contribution is 5.90. The third kappa shape index (κ3) is 0.937. The minimum absolute atomic E-state index is 0.138. The molecule has 2 aliphatic heterocycles. The van der Waals surface area contributed by atoms with Crippen molar-refractivity contribution in [1.29, 1.82) is 0 Å². The molecule has 11 heavy (non-hydrogen) atoms. The molecule has 0 aliphatic carbocycles. The molecule has 0 aromatic rings. The van der Waals surface area contributed by atoms with Crippen molar-refractivity contribution in [2.24, 2.45) is 10.4 Å². The molecule has 0 radical (unpaired) electrons. The number of aliphatic hydroxyl groups is 1. The molecule has 2 rings (SSSR count). The van der Waals surface area contributed by atoms with Gasteiger partial charge in [0.2, 0.25) is 0 Å². The molecule has 2 N–H and O–H groups in total. The number of nitrogens with one attached hydrogen (secondary N) is 1. The summed E-state index contributed by atoms with van der Waals surface area (Å²) in [5.41, 5.74) is -0.184. The van der Waals surface area contributed by atoms with Crippen LogP contribution < -0.4 is 5.32 Å². The predicted molar refractivity (Wildman–Crippen MR) is 40.6 cm³/mol. The van der Waals surface area contributed by atoms with Crippen LogP contribution in [-0.2, 0) is 4.74 Å². The molecule has 0 amide bonds. The average molecular weight is 156 g/mol. The van der Waals surface area contributed by atoms with Crippen LogP contribution in [0.1, 0.15) is 0 Å². The van der Waals surface area contributed by atoms with Gasteiger partial charge in [0.05, 0.1) is 31.8 Å². The zero-order valence-electron chi connectivity index (χ0n) is 6.34. The maximum Gasteiger partial charge on any atom is 0.110 e. The molecule has 0 spiro atoms. The normalized spacial score (nSPS) is 27.2. The first-order valence-electron chi connectivity index (χ1n) is 3.85. The number of ether oxygens (including phenoxy) is 1. The van der Waals surface area contributed by atoms with Gasteiger partial charge in [0.25, 0.3) is 0 Å². The zero-order valence-corrected chi connectivity index (χ0v) is 6.34. The van der Waals surface area contributed by atoms with Crippen molar-refractivity contribution in [3.63, 3.8) is 0 Å². The van der Waals surface area contributed by atoms with Crippen molar-refractivity contribution in [2.75, 3.05) is 32.9 Å². The highest BCUT2D eigenvalue weighted by Gasteiger charge is 2.44. The second-order valence-corrected chi connectivity index (χ2v) is 3.09. The van der Waals surface area contributed by atoms with E-state index in [2.05, 4.69) is 10.3 Å². The summed E-state index contributed by atoms with van der Waals surface area (Å²) in [6.07, 6.45) is 0. The van der Waals surface area contributed by atoms with Crippen LogP contribution in [0, 0.1) is 5.41 Å². The van der Waals surface area contributed by atoms with Crippen LogP contribution in [0.3, 0.4) is 0 Å². The third-order valence-corrected chi connectivity index (χ3v) is 2.24. The molecule has 0 aromatic carbocycles. The number of aliphatic imine (C=N–C) groups is 1. The molecule has 4 nitrogen and oxygen atoms in total. The lowest BCUT2D eigenvalue weighted by molar-refractivity contribution is -0.0945. The molecule has 1 saturated heterocycles. The van der Waals surface area contributed by atoms with Gasteiger partial charge < -0.3 is 15.2 Å². The molecular weight excluding hydrogens is 144 g/mol. The maximum absolute atomic E-state index is 9.10. The lowest BCUT2D eigenvalue weighted by atomic mass is 9.85. The molecule has 4 heteroatoms. The van der Waals surface area contributed by atoms with Crippen molar-refractivity contribution in [1.82, 2.24) is 5.32 Å². The van der Waals surface area contributed by atoms with Crippen molar-refractivity contribution in [3.05, 3.63) is 0 Å². The standard InChI is InChI=1S/C7H12N2O2/c10-3-7(4-11-5-7)6-8-1-2-9-6/h10H,1-5H2,(H,8,9). The Morgan fingerprint density at radius 2 is 2.45 bits per heavy atom. The fourth-order valence-electron chi connectivity index (χ4n) is 1.40. The zero-order chi connectivity index (χ0) is 7.73. The average Bonchev–Trinajstić information content (AvgIpc) is 2.39. The Balaban J connectivity index is 2.10. The van der Waals surface area contributed by atoms with Gasteiger partial charge in [-0.05, 0) is 0 Å². The Morgan fingerprint density at radius 3 is 2.82 bits per heavy atom. The second-order valence-electron chi connectivity index (χ2n) is 3.09. The minimum Gasteiger partial charge on any atom is -0.395 e. The number of rotatable bonds is 2. The third-order valence-electron chi connectivity index (χ3n) is 2.24. The van der Waals surface area contributed by atoms with Gasteiger partial charge in [-0.2, -0.15) is 0 Å². The van der Waals surface area contributed by atoms with Crippen molar-refractivity contribution >= 4 is 5.84 Å². The van der Waals surface area contributed by atoms with Gasteiger partial charge >= 0.3 is 0 Å². The molecule has 62 valence electrons. The summed E-state index contributed by atoms with van der Waals surface area (Å²) in [6, 6.07) is 0. The van der Waals surface area contributed by atoms with Gasteiger partial charge in [-0.3, -0.25) is 4.99 Å². The summed E-state index contributed by atoms with van der Waals surface area (Å²) in [4.78, 5) is 4.27. The van der Waals surface area contributed by atoms with Crippen LogP contribution >= 0.6 is 0 Å². The van der Waals surface area contributed by atoms with E-state index in [1.807, 2.05) is 0 Å². The Bertz CT molecular complexity index is 181. The first-order chi connectivity index (χ1) is 5.37. The van der Waals surface area contributed by atoms with Crippen LogP contribution in [0.2, 0.25) is 0 Å². The van der Waals surface area contributed by atoms with Crippen LogP contribution in [0.25, 0.3) is 0 Å². The molecule has 0 saturated carbocycles. The monoisotopic (exact) mass is 156 g/mol. The van der Waals surface area contributed by atoms with Gasteiger partial charge in [0, 0.05) is 6.54 Å². The fourth-order valence-corrected chi connectivity index (χ4v) is 1.40. The molecule has 1 fully saturated rings. The SMILES string of the molecule is OCC1(C2=NCCN2)COC1. The lowest BCUT2D eigenvalue weighted by Crippen LogP contribution is -2.55. The van der Waals surface area contributed by atoms with Gasteiger partial charge in [0.15, 0.2) is 0 Å². The van der Waals surface area contributed by atoms with Crippen molar-refractivity contribution in [3.8, 4) is 0 Å². The van der Waals surface area contributed by atoms with Crippen LogP contribution in [0.4, 0.5) is 0 Å².